The predicted molar refractivity (Wildman–Crippen MR) is 60.0 cm³/mol. The number of hydrogen-bond donors (Lipinski definition) is 2. The van der Waals surface area contributed by atoms with Crippen molar-refractivity contribution in [2.24, 2.45) is 5.92 Å². The van der Waals surface area contributed by atoms with E-state index in [-0.39, 0.29) is 17.6 Å². The number of rotatable bonds is 3. The van der Waals surface area contributed by atoms with Gasteiger partial charge >= 0.3 is 0 Å². The number of aryl methyl sites for hydroxylation is 1. The topological polar surface area (TPSA) is 73.1 Å². The summed E-state index contributed by atoms with van der Waals surface area (Å²) < 4.78 is 0. The molecule has 0 aliphatic heterocycles. The zero-order chi connectivity index (χ0) is 12.1. The highest BCUT2D eigenvalue weighted by Crippen LogP contribution is 2.16. The van der Waals surface area contributed by atoms with E-state index in [1.807, 2.05) is 6.07 Å². The van der Waals surface area contributed by atoms with Crippen LogP contribution in [0.1, 0.15) is 22.8 Å². The zero-order valence-corrected chi connectivity index (χ0v) is 9.32. The molecule has 1 rings (SSSR count). The molecule has 0 heterocycles. The van der Waals surface area contributed by atoms with Crippen molar-refractivity contribution in [3.05, 3.63) is 29.3 Å². The van der Waals surface area contributed by atoms with Gasteiger partial charge in [-0.15, -0.1) is 0 Å². The number of phenolic OH excluding ortho intramolecular Hbond substituents is 1. The van der Waals surface area contributed by atoms with Gasteiger partial charge in [-0.2, -0.15) is 5.26 Å². The first-order valence-corrected chi connectivity index (χ1v) is 5.02. The Hall–Kier alpha value is -2.02. The molecular weight excluding hydrogens is 204 g/mol. The third-order valence-corrected chi connectivity index (χ3v) is 2.25. The molecule has 0 spiro atoms. The van der Waals surface area contributed by atoms with Gasteiger partial charge < -0.3 is 10.4 Å². The van der Waals surface area contributed by atoms with E-state index in [1.54, 1.807) is 26.0 Å². The van der Waals surface area contributed by atoms with Gasteiger partial charge in [0.2, 0.25) is 0 Å². The van der Waals surface area contributed by atoms with Crippen molar-refractivity contribution in [1.82, 2.24) is 5.32 Å². The summed E-state index contributed by atoms with van der Waals surface area (Å²) in [4.78, 5) is 11.6. The first-order valence-electron chi connectivity index (χ1n) is 5.02. The molecule has 1 aromatic carbocycles. The van der Waals surface area contributed by atoms with Crippen molar-refractivity contribution in [1.29, 1.82) is 5.26 Å². The number of aromatic hydroxyl groups is 1. The summed E-state index contributed by atoms with van der Waals surface area (Å²) >= 11 is 0. The van der Waals surface area contributed by atoms with Crippen LogP contribution in [-0.4, -0.2) is 17.6 Å². The third kappa shape index (κ3) is 2.99. The predicted octanol–water partition coefficient (Wildman–Crippen LogP) is 1.59. The van der Waals surface area contributed by atoms with Crippen LogP contribution in [0, 0.1) is 24.2 Å². The van der Waals surface area contributed by atoms with Gasteiger partial charge in [0.1, 0.15) is 5.75 Å². The Morgan fingerprint density at radius 1 is 1.62 bits per heavy atom. The third-order valence-electron chi connectivity index (χ3n) is 2.25. The summed E-state index contributed by atoms with van der Waals surface area (Å²) in [5, 5.41) is 20.5. The van der Waals surface area contributed by atoms with Crippen molar-refractivity contribution < 1.29 is 9.90 Å². The summed E-state index contributed by atoms with van der Waals surface area (Å²) in [5.41, 5.74) is 1.14. The lowest BCUT2D eigenvalue weighted by Gasteiger charge is -2.07. The Morgan fingerprint density at radius 2 is 2.31 bits per heavy atom. The average molecular weight is 218 g/mol. The van der Waals surface area contributed by atoms with E-state index in [2.05, 4.69) is 5.32 Å². The van der Waals surface area contributed by atoms with Gasteiger partial charge in [-0.1, -0.05) is 0 Å². The van der Waals surface area contributed by atoms with Gasteiger partial charge in [0.25, 0.3) is 5.91 Å². The summed E-state index contributed by atoms with van der Waals surface area (Å²) in [6, 6.07) is 6.68. The molecule has 0 aliphatic carbocycles. The van der Waals surface area contributed by atoms with Crippen molar-refractivity contribution in [3.8, 4) is 11.8 Å². The molecule has 16 heavy (non-hydrogen) atoms. The minimum Gasteiger partial charge on any atom is -0.508 e. The Kier molecular flexibility index (Phi) is 3.90. The van der Waals surface area contributed by atoms with Gasteiger partial charge in [-0.3, -0.25) is 4.79 Å². The lowest BCUT2D eigenvalue weighted by molar-refractivity contribution is 0.0950. The highest BCUT2D eigenvalue weighted by Gasteiger charge is 2.08. The van der Waals surface area contributed by atoms with Gasteiger partial charge in [0, 0.05) is 12.1 Å². The lowest BCUT2D eigenvalue weighted by Crippen LogP contribution is -2.27. The minimum atomic E-state index is -0.231. The van der Waals surface area contributed by atoms with E-state index < -0.39 is 0 Å². The molecule has 4 nitrogen and oxygen atoms in total. The van der Waals surface area contributed by atoms with Crippen LogP contribution in [0.5, 0.6) is 5.75 Å². The number of amides is 1. The maximum absolute atomic E-state index is 11.6. The van der Waals surface area contributed by atoms with Crippen LogP contribution in [0.25, 0.3) is 0 Å². The first-order chi connectivity index (χ1) is 7.54. The average Bonchev–Trinajstić information content (AvgIpc) is 2.29. The fourth-order valence-electron chi connectivity index (χ4n) is 1.19. The smallest absolute Gasteiger partial charge is 0.251 e. The van der Waals surface area contributed by atoms with Crippen LogP contribution >= 0.6 is 0 Å². The van der Waals surface area contributed by atoms with Crippen LogP contribution in [0.4, 0.5) is 0 Å². The number of nitriles is 1. The minimum absolute atomic E-state index is 0.168. The molecule has 0 aliphatic rings. The molecule has 1 amide bonds. The Balaban J connectivity index is 2.67. The van der Waals surface area contributed by atoms with E-state index in [4.69, 9.17) is 5.26 Å². The van der Waals surface area contributed by atoms with Crippen molar-refractivity contribution >= 4 is 5.91 Å². The molecule has 1 atom stereocenters. The van der Waals surface area contributed by atoms with E-state index in [1.165, 1.54) is 6.07 Å². The molecule has 84 valence electrons. The summed E-state index contributed by atoms with van der Waals surface area (Å²) in [7, 11) is 0. The maximum Gasteiger partial charge on any atom is 0.251 e. The molecule has 0 saturated carbocycles. The number of benzene rings is 1. The molecule has 1 unspecified atom stereocenters. The van der Waals surface area contributed by atoms with E-state index in [0.29, 0.717) is 17.7 Å². The number of hydrogen-bond acceptors (Lipinski definition) is 3. The van der Waals surface area contributed by atoms with E-state index in [0.717, 1.165) is 0 Å². The Morgan fingerprint density at radius 3 is 2.88 bits per heavy atom. The Labute approximate surface area is 94.5 Å². The monoisotopic (exact) mass is 218 g/mol. The SMILES string of the molecule is Cc1cc(C(=O)NCC(C)C#N)ccc1O. The second-order valence-corrected chi connectivity index (χ2v) is 3.74. The highest BCUT2D eigenvalue weighted by molar-refractivity contribution is 5.94. The molecule has 0 radical (unpaired) electrons. The molecular formula is C12H14N2O2. The second kappa shape index (κ2) is 5.17. The van der Waals surface area contributed by atoms with E-state index in [9.17, 15) is 9.90 Å². The van der Waals surface area contributed by atoms with Crippen LogP contribution < -0.4 is 5.32 Å². The molecule has 0 bridgehead atoms. The second-order valence-electron chi connectivity index (χ2n) is 3.74. The van der Waals surface area contributed by atoms with Crippen molar-refractivity contribution in [2.45, 2.75) is 13.8 Å². The molecule has 0 aromatic heterocycles. The molecule has 2 N–H and O–H groups in total. The number of phenols is 1. The van der Waals surface area contributed by atoms with Gasteiger partial charge in [-0.25, -0.2) is 0 Å². The number of carbonyl (C=O) groups is 1. The van der Waals surface area contributed by atoms with Crippen molar-refractivity contribution in [3.63, 3.8) is 0 Å². The molecule has 0 fully saturated rings. The fraction of sp³-hybridized carbons (Fsp3) is 0.333. The number of nitrogens with zero attached hydrogens (tertiary/aromatic N) is 1. The van der Waals surface area contributed by atoms with Crippen LogP contribution in [0.3, 0.4) is 0 Å². The molecule has 1 aromatic rings. The van der Waals surface area contributed by atoms with Crippen LogP contribution in [-0.2, 0) is 0 Å². The van der Waals surface area contributed by atoms with Crippen molar-refractivity contribution in [2.75, 3.05) is 6.54 Å². The van der Waals surface area contributed by atoms with Crippen LogP contribution in [0.2, 0.25) is 0 Å². The first kappa shape index (κ1) is 12.1. The molecule has 0 saturated heterocycles. The largest absolute Gasteiger partial charge is 0.508 e. The normalized spacial score (nSPS) is 11.6. The molecule has 4 heteroatoms. The summed E-state index contributed by atoms with van der Waals surface area (Å²) in [5.74, 6) is -0.269. The summed E-state index contributed by atoms with van der Waals surface area (Å²) in [6.45, 7) is 3.79. The maximum atomic E-state index is 11.6. The lowest BCUT2D eigenvalue weighted by atomic mass is 10.1. The zero-order valence-electron chi connectivity index (χ0n) is 9.32. The Bertz CT molecular complexity index is 435. The van der Waals surface area contributed by atoms with Gasteiger partial charge in [-0.05, 0) is 37.6 Å². The number of carbonyl (C=O) groups excluding carboxylic acids is 1. The quantitative estimate of drug-likeness (QED) is 0.809. The van der Waals surface area contributed by atoms with Gasteiger partial charge in [0.05, 0.1) is 12.0 Å². The van der Waals surface area contributed by atoms with E-state index >= 15 is 0 Å². The van der Waals surface area contributed by atoms with Gasteiger partial charge in [0.15, 0.2) is 0 Å². The summed E-state index contributed by atoms with van der Waals surface area (Å²) in [6.07, 6.45) is 0. The highest BCUT2D eigenvalue weighted by atomic mass is 16.3. The van der Waals surface area contributed by atoms with Crippen LogP contribution in [0.15, 0.2) is 18.2 Å². The fourth-order valence-corrected chi connectivity index (χ4v) is 1.19. The standard InChI is InChI=1S/C12H14N2O2/c1-8(6-13)7-14-12(16)10-3-4-11(15)9(2)5-10/h3-5,8,15H,7H2,1-2H3,(H,14,16). The number of nitrogens with one attached hydrogen (secondary N) is 1.